The summed E-state index contributed by atoms with van der Waals surface area (Å²) in [7, 11) is 1.38. The lowest BCUT2D eigenvalue weighted by Crippen LogP contribution is -2.00. The molecule has 0 radical (unpaired) electrons. The number of hydrogen-bond acceptors (Lipinski definition) is 4. The van der Waals surface area contributed by atoms with Gasteiger partial charge in [-0.05, 0) is 19.1 Å². The topological polar surface area (TPSA) is 60.4 Å². The Morgan fingerprint density at radius 2 is 1.64 bits per heavy atom. The fourth-order valence-electron chi connectivity index (χ4n) is 0.807. The summed E-state index contributed by atoms with van der Waals surface area (Å²) < 4.78 is 4.54. The molecule has 0 saturated carbocycles. The van der Waals surface area contributed by atoms with Gasteiger partial charge in [0.2, 0.25) is 0 Å². The molecule has 74 valence electrons. The molecule has 0 fully saturated rings. The van der Waals surface area contributed by atoms with Crippen molar-refractivity contribution in [3.05, 3.63) is 35.4 Å². The summed E-state index contributed by atoms with van der Waals surface area (Å²) in [5.41, 5.74) is 1.73. The molecule has 14 heavy (non-hydrogen) atoms. The average molecular weight is 194 g/mol. The standard InChI is InChI=1S/C9H10O2.CO2/c1-7-3-5-8(6-4-7)9(10)11-2;2-1-3/h3-6H,1-2H3;. The average Bonchev–Trinajstić information content (AvgIpc) is 2.19. The van der Waals surface area contributed by atoms with E-state index in [-0.39, 0.29) is 12.1 Å². The molecule has 0 unspecified atom stereocenters. The highest BCUT2D eigenvalue weighted by Gasteiger charge is 2.01. The van der Waals surface area contributed by atoms with Crippen LogP contribution in [0, 0.1) is 6.92 Å². The highest BCUT2D eigenvalue weighted by atomic mass is 16.5. The molecule has 1 aromatic carbocycles. The molecule has 0 aliphatic carbocycles. The maximum absolute atomic E-state index is 10.9. The van der Waals surface area contributed by atoms with E-state index >= 15 is 0 Å². The van der Waals surface area contributed by atoms with E-state index < -0.39 is 0 Å². The van der Waals surface area contributed by atoms with Crippen LogP contribution in [0.2, 0.25) is 0 Å². The Labute approximate surface area is 81.5 Å². The molecule has 1 rings (SSSR count). The second-order valence-electron chi connectivity index (χ2n) is 2.44. The van der Waals surface area contributed by atoms with Gasteiger partial charge >= 0.3 is 12.1 Å². The summed E-state index contributed by atoms with van der Waals surface area (Å²) in [6.07, 6.45) is 0.250. The number of hydrogen-bond donors (Lipinski definition) is 0. The lowest BCUT2D eigenvalue weighted by atomic mass is 10.2. The minimum atomic E-state index is -0.287. The molecular formula is C10H10O4. The summed E-state index contributed by atoms with van der Waals surface area (Å²) >= 11 is 0. The van der Waals surface area contributed by atoms with Crippen molar-refractivity contribution in [3.63, 3.8) is 0 Å². The predicted molar refractivity (Wildman–Crippen MR) is 47.5 cm³/mol. The maximum atomic E-state index is 10.9. The van der Waals surface area contributed by atoms with E-state index in [1.807, 2.05) is 19.1 Å². The molecule has 1 aromatic rings. The Kier molecular flexibility index (Phi) is 5.67. The number of aryl methyl sites for hydroxylation is 1. The third-order valence-electron chi connectivity index (χ3n) is 1.47. The number of esters is 1. The van der Waals surface area contributed by atoms with Gasteiger partial charge in [0, 0.05) is 0 Å². The fourth-order valence-corrected chi connectivity index (χ4v) is 0.807. The molecule has 0 aromatic heterocycles. The maximum Gasteiger partial charge on any atom is 0.373 e. The Morgan fingerprint density at radius 3 is 2.00 bits per heavy atom. The van der Waals surface area contributed by atoms with E-state index in [0.717, 1.165) is 5.56 Å². The zero-order valence-electron chi connectivity index (χ0n) is 7.94. The molecule has 4 heteroatoms. The molecule has 0 bridgehead atoms. The van der Waals surface area contributed by atoms with Gasteiger partial charge in [-0.15, -0.1) is 0 Å². The molecule has 0 aliphatic heterocycles. The van der Waals surface area contributed by atoms with Crippen LogP contribution in [0.4, 0.5) is 0 Å². The van der Waals surface area contributed by atoms with Crippen LogP contribution in [-0.4, -0.2) is 19.2 Å². The van der Waals surface area contributed by atoms with Crippen LogP contribution in [-0.2, 0) is 14.3 Å². The monoisotopic (exact) mass is 194 g/mol. The molecule has 0 heterocycles. The van der Waals surface area contributed by atoms with Gasteiger partial charge < -0.3 is 4.74 Å². The first-order valence-electron chi connectivity index (χ1n) is 3.80. The minimum absolute atomic E-state index is 0.250. The highest BCUT2D eigenvalue weighted by molar-refractivity contribution is 5.89. The number of carbonyl (C=O) groups is 1. The van der Waals surface area contributed by atoms with Crippen molar-refractivity contribution in [1.82, 2.24) is 0 Å². The first-order valence-corrected chi connectivity index (χ1v) is 3.80. The summed E-state index contributed by atoms with van der Waals surface area (Å²) in [5, 5.41) is 0. The zero-order valence-corrected chi connectivity index (χ0v) is 7.94. The fraction of sp³-hybridized carbons (Fsp3) is 0.200. The highest BCUT2D eigenvalue weighted by Crippen LogP contribution is 2.03. The third kappa shape index (κ3) is 4.18. The van der Waals surface area contributed by atoms with Gasteiger partial charge in [-0.1, -0.05) is 17.7 Å². The smallest absolute Gasteiger partial charge is 0.373 e. The molecule has 0 amide bonds. The number of methoxy groups -OCH3 is 1. The van der Waals surface area contributed by atoms with Crippen LogP contribution in [0.1, 0.15) is 15.9 Å². The summed E-state index contributed by atoms with van der Waals surface area (Å²) in [5.74, 6) is -0.287. The van der Waals surface area contributed by atoms with Crippen molar-refractivity contribution in [2.45, 2.75) is 6.92 Å². The Balaban J connectivity index is 0.000000500. The van der Waals surface area contributed by atoms with Crippen molar-refractivity contribution in [2.75, 3.05) is 7.11 Å². The van der Waals surface area contributed by atoms with E-state index in [9.17, 15) is 4.79 Å². The normalized spacial score (nSPS) is 7.86. The number of ether oxygens (including phenoxy) is 1. The summed E-state index contributed by atoms with van der Waals surface area (Å²) in [4.78, 5) is 27.2. The van der Waals surface area contributed by atoms with Crippen molar-refractivity contribution < 1.29 is 19.1 Å². The molecule has 0 spiro atoms. The van der Waals surface area contributed by atoms with Gasteiger partial charge in [0.1, 0.15) is 0 Å². The van der Waals surface area contributed by atoms with Crippen molar-refractivity contribution in [1.29, 1.82) is 0 Å². The van der Waals surface area contributed by atoms with Crippen molar-refractivity contribution in [2.24, 2.45) is 0 Å². The first kappa shape index (κ1) is 12.1. The molecule has 4 nitrogen and oxygen atoms in total. The molecule has 0 aliphatic rings. The quantitative estimate of drug-likeness (QED) is 0.630. The van der Waals surface area contributed by atoms with Gasteiger partial charge in [0.05, 0.1) is 12.7 Å². The van der Waals surface area contributed by atoms with E-state index in [4.69, 9.17) is 9.59 Å². The molecule has 0 N–H and O–H groups in total. The summed E-state index contributed by atoms with van der Waals surface area (Å²) in [6.45, 7) is 1.97. The molecule has 0 saturated heterocycles. The third-order valence-corrected chi connectivity index (χ3v) is 1.47. The van der Waals surface area contributed by atoms with Crippen molar-refractivity contribution >= 4 is 12.1 Å². The van der Waals surface area contributed by atoms with Gasteiger partial charge in [-0.2, -0.15) is 9.59 Å². The second kappa shape index (κ2) is 6.57. The van der Waals surface area contributed by atoms with E-state index in [1.165, 1.54) is 7.11 Å². The van der Waals surface area contributed by atoms with Crippen LogP contribution in [0.15, 0.2) is 24.3 Å². The van der Waals surface area contributed by atoms with Gasteiger partial charge in [-0.25, -0.2) is 4.79 Å². The van der Waals surface area contributed by atoms with E-state index in [0.29, 0.717) is 5.56 Å². The lowest BCUT2D eigenvalue weighted by molar-refractivity contribution is -0.191. The lowest BCUT2D eigenvalue weighted by Gasteiger charge is -1.97. The summed E-state index contributed by atoms with van der Waals surface area (Å²) in [6, 6.07) is 7.26. The first-order chi connectivity index (χ1) is 6.65. The van der Waals surface area contributed by atoms with E-state index in [1.54, 1.807) is 12.1 Å². The molecular weight excluding hydrogens is 184 g/mol. The Bertz CT molecular complexity index is 320. The predicted octanol–water partition coefficient (Wildman–Crippen LogP) is 1.20. The van der Waals surface area contributed by atoms with Crippen LogP contribution in [0.25, 0.3) is 0 Å². The van der Waals surface area contributed by atoms with Crippen LogP contribution >= 0.6 is 0 Å². The van der Waals surface area contributed by atoms with Crippen LogP contribution in [0.5, 0.6) is 0 Å². The zero-order chi connectivity index (χ0) is 11.0. The van der Waals surface area contributed by atoms with Gasteiger partial charge in [0.25, 0.3) is 0 Å². The van der Waals surface area contributed by atoms with Gasteiger partial charge in [-0.3, -0.25) is 0 Å². The SMILES string of the molecule is COC(=O)c1ccc(C)cc1.O=C=O. The Hall–Kier alpha value is -1.93. The van der Waals surface area contributed by atoms with Crippen molar-refractivity contribution in [3.8, 4) is 0 Å². The number of benzene rings is 1. The van der Waals surface area contributed by atoms with E-state index in [2.05, 4.69) is 4.74 Å². The van der Waals surface area contributed by atoms with Gasteiger partial charge in [0.15, 0.2) is 0 Å². The minimum Gasteiger partial charge on any atom is -0.465 e. The van der Waals surface area contributed by atoms with Crippen LogP contribution < -0.4 is 0 Å². The largest absolute Gasteiger partial charge is 0.465 e. The number of rotatable bonds is 1. The second-order valence-corrected chi connectivity index (χ2v) is 2.44. The molecule has 0 atom stereocenters. The van der Waals surface area contributed by atoms with Crippen LogP contribution in [0.3, 0.4) is 0 Å². The Morgan fingerprint density at radius 1 is 1.21 bits per heavy atom. The number of carbonyl (C=O) groups excluding carboxylic acids is 3.